The highest BCUT2D eigenvalue weighted by molar-refractivity contribution is 5.86. The van der Waals surface area contributed by atoms with E-state index in [-0.39, 0.29) is 30.2 Å². The van der Waals surface area contributed by atoms with E-state index < -0.39 is 0 Å². The van der Waals surface area contributed by atoms with Gasteiger partial charge in [-0.1, -0.05) is 12.8 Å². The van der Waals surface area contributed by atoms with Crippen molar-refractivity contribution in [3.8, 4) is 0 Å². The van der Waals surface area contributed by atoms with E-state index in [1.807, 2.05) is 12.3 Å². The molecule has 7 heteroatoms. The van der Waals surface area contributed by atoms with Gasteiger partial charge in [0.05, 0.1) is 5.41 Å². The molecule has 0 spiro atoms. The van der Waals surface area contributed by atoms with Gasteiger partial charge in [-0.25, -0.2) is 4.98 Å². The highest BCUT2D eigenvalue weighted by atomic mass is 35.5. The second-order valence-electron chi connectivity index (χ2n) is 8.44. The fourth-order valence-corrected chi connectivity index (χ4v) is 5.69. The van der Waals surface area contributed by atoms with Gasteiger partial charge in [0.15, 0.2) is 0 Å². The van der Waals surface area contributed by atoms with Crippen LogP contribution in [0.25, 0.3) is 11.0 Å². The first-order chi connectivity index (χ1) is 12.8. The van der Waals surface area contributed by atoms with Gasteiger partial charge >= 0.3 is 0 Å². The Kier molecular flexibility index (Phi) is 6.58. The fourth-order valence-electron chi connectivity index (χ4n) is 5.69. The first-order valence-electron chi connectivity index (χ1n) is 10.2. The van der Waals surface area contributed by atoms with E-state index in [2.05, 4.69) is 32.4 Å². The first kappa shape index (κ1) is 21.4. The Morgan fingerprint density at radius 2 is 2.00 bits per heavy atom. The van der Waals surface area contributed by atoms with Gasteiger partial charge in [-0.05, 0) is 61.8 Å². The molecule has 1 saturated carbocycles. The lowest BCUT2D eigenvalue weighted by Crippen LogP contribution is -2.51. The van der Waals surface area contributed by atoms with E-state index in [4.69, 9.17) is 0 Å². The Hall–Kier alpha value is -1.30. The summed E-state index contributed by atoms with van der Waals surface area (Å²) < 4.78 is 0. The van der Waals surface area contributed by atoms with Gasteiger partial charge in [0, 0.05) is 37.4 Å². The molecule has 0 radical (unpaired) electrons. The fraction of sp³-hybridized carbons (Fsp3) is 0.619. The van der Waals surface area contributed by atoms with Crippen LogP contribution in [0.1, 0.15) is 50.0 Å². The maximum atomic E-state index is 13.4. The Morgan fingerprint density at radius 1 is 1.18 bits per heavy atom. The molecule has 2 saturated heterocycles. The number of pyridine rings is 1. The van der Waals surface area contributed by atoms with Crippen LogP contribution in [0.3, 0.4) is 0 Å². The lowest BCUT2D eigenvalue weighted by Gasteiger charge is -2.43. The van der Waals surface area contributed by atoms with Crippen molar-refractivity contribution in [1.29, 1.82) is 0 Å². The summed E-state index contributed by atoms with van der Waals surface area (Å²) >= 11 is 0. The number of amides is 1. The first-order valence-corrected chi connectivity index (χ1v) is 10.2. The number of likely N-dealkylation sites (tertiary alicyclic amines) is 1. The summed E-state index contributed by atoms with van der Waals surface area (Å²) in [6.07, 6.45) is 10.9. The topological polar surface area (TPSA) is 61.0 Å². The standard InChI is InChI=1S/C21H28N4O.2ClH/c26-20(21-8-2-1-4-16(21)12-22-14-21)25-10-6-15(7-11-25)18-13-24-19-17(18)5-3-9-23-19;;/h3,5,9,13,15-16,22H,1-2,4,6-8,10-12,14H2,(H,23,24);2*1H/t16-,21+;;/m0../s1. The smallest absolute Gasteiger partial charge is 0.230 e. The van der Waals surface area contributed by atoms with Crippen LogP contribution in [0.15, 0.2) is 24.5 Å². The number of fused-ring (bicyclic) bond motifs is 2. The van der Waals surface area contributed by atoms with E-state index >= 15 is 0 Å². The van der Waals surface area contributed by atoms with Crippen LogP contribution < -0.4 is 5.32 Å². The number of hydrogen-bond donors (Lipinski definition) is 2. The van der Waals surface area contributed by atoms with Crippen molar-refractivity contribution in [3.63, 3.8) is 0 Å². The molecule has 28 heavy (non-hydrogen) atoms. The average molecular weight is 425 g/mol. The monoisotopic (exact) mass is 424 g/mol. The van der Waals surface area contributed by atoms with E-state index in [1.165, 1.54) is 30.2 Å². The zero-order valence-electron chi connectivity index (χ0n) is 16.2. The Bertz CT molecular complexity index is 818. The molecule has 2 N–H and O–H groups in total. The lowest BCUT2D eigenvalue weighted by atomic mass is 9.67. The van der Waals surface area contributed by atoms with Crippen molar-refractivity contribution >= 4 is 41.8 Å². The highest BCUT2D eigenvalue weighted by Gasteiger charge is 2.51. The summed E-state index contributed by atoms with van der Waals surface area (Å²) in [7, 11) is 0. The third kappa shape index (κ3) is 3.42. The van der Waals surface area contributed by atoms with Gasteiger partial charge in [0.1, 0.15) is 5.65 Å². The molecule has 154 valence electrons. The number of aromatic amines is 1. The van der Waals surface area contributed by atoms with Crippen LogP contribution in [0.4, 0.5) is 0 Å². The lowest BCUT2D eigenvalue weighted by molar-refractivity contribution is -0.146. The molecule has 0 aromatic carbocycles. The molecule has 2 aliphatic heterocycles. The summed E-state index contributed by atoms with van der Waals surface area (Å²) in [5.41, 5.74) is 2.24. The SMILES string of the molecule is Cl.Cl.O=C(N1CCC(c2c[nH]c3ncccc23)CC1)[C@@]12CCCC[C@H]1CNC2. The minimum absolute atomic E-state index is 0. The Labute approximate surface area is 178 Å². The van der Waals surface area contributed by atoms with Gasteiger partial charge in [-0.15, -0.1) is 24.8 Å². The third-order valence-electron chi connectivity index (χ3n) is 7.17. The third-order valence-corrected chi connectivity index (χ3v) is 7.17. The molecule has 2 aromatic rings. The van der Waals surface area contributed by atoms with Crippen LogP contribution in [-0.2, 0) is 4.79 Å². The highest BCUT2D eigenvalue weighted by Crippen LogP contribution is 2.46. The number of carbonyl (C=O) groups excluding carboxylic acids is 1. The maximum absolute atomic E-state index is 13.4. The van der Waals surface area contributed by atoms with Crippen LogP contribution in [-0.4, -0.2) is 47.0 Å². The molecule has 3 aliphatic rings. The second-order valence-corrected chi connectivity index (χ2v) is 8.44. The predicted molar refractivity (Wildman–Crippen MR) is 116 cm³/mol. The summed E-state index contributed by atoms with van der Waals surface area (Å²) in [6.45, 7) is 3.71. The number of nitrogens with zero attached hydrogens (tertiary/aromatic N) is 2. The molecule has 2 aromatic heterocycles. The molecule has 0 bridgehead atoms. The molecular formula is C21H30Cl2N4O. The van der Waals surface area contributed by atoms with E-state index in [1.54, 1.807) is 0 Å². The summed E-state index contributed by atoms with van der Waals surface area (Å²) in [5, 5.41) is 4.76. The normalized spacial score (nSPS) is 27.7. The number of halogens is 2. The number of rotatable bonds is 2. The van der Waals surface area contributed by atoms with E-state index in [0.717, 1.165) is 51.1 Å². The van der Waals surface area contributed by atoms with Crippen LogP contribution >= 0.6 is 24.8 Å². The quantitative estimate of drug-likeness (QED) is 0.768. The van der Waals surface area contributed by atoms with Crippen molar-refractivity contribution in [3.05, 3.63) is 30.1 Å². The predicted octanol–water partition coefficient (Wildman–Crippen LogP) is 3.89. The van der Waals surface area contributed by atoms with Gasteiger partial charge in [-0.3, -0.25) is 4.79 Å². The molecule has 0 unspecified atom stereocenters. The van der Waals surface area contributed by atoms with Crippen LogP contribution in [0.2, 0.25) is 0 Å². The van der Waals surface area contributed by atoms with Gasteiger partial charge < -0.3 is 15.2 Å². The van der Waals surface area contributed by atoms with Crippen molar-refractivity contribution in [2.75, 3.05) is 26.2 Å². The van der Waals surface area contributed by atoms with Gasteiger partial charge in [0.2, 0.25) is 5.91 Å². The van der Waals surface area contributed by atoms with Crippen molar-refractivity contribution in [1.82, 2.24) is 20.2 Å². The second kappa shape index (κ2) is 8.60. The zero-order valence-corrected chi connectivity index (χ0v) is 17.8. The minimum Gasteiger partial charge on any atom is -0.346 e. The molecule has 5 nitrogen and oxygen atoms in total. The summed E-state index contributed by atoms with van der Waals surface area (Å²) in [5.74, 6) is 1.52. The number of hydrogen-bond acceptors (Lipinski definition) is 3. The maximum Gasteiger partial charge on any atom is 0.230 e. The van der Waals surface area contributed by atoms with Gasteiger partial charge in [-0.2, -0.15) is 0 Å². The molecule has 3 fully saturated rings. The van der Waals surface area contributed by atoms with Gasteiger partial charge in [0.25, 0.3) is 0 Å². The number of nitrogens with one attached hydrogen (secondary N) is 2. The van der Waals surface area contributed by atoms with Crippen LogP contribution in [0.5, 0.6) is 0 Å². The van der Waals surface area contributed by atoms with Crippen LogP contribution in [0, 0.1) is 11.3 Å². The van der Waals surface area contributed by atoms with E-state index in [0.29, 0.717) is 17.7 Å². The van der Waals surface area contributed by atoms with E-state index in [9.17, 15) is 4.79 Å². The Morgan fingerprint density at radius 3 is 2.82 bits per heavy atom. The number of piperidine rings is 1. The number of aromatic nitrogens is 2. The molecule has 5 rings (SSSR count). The van der Waals surface area contributed by atoms with Crippen molar-refractivity contribution < 1.29 is 4.79 Å². The summed E-state index contributed by atoms with van der Waals surface area (Å²) in [4.78, 5) is 23.3. The van der Waals surface area contributed by atoms with Crippen molar-refractivity contribution in [2.24, 2.45) is 11.3 Å². The molecule has 1 aliphatic carbocycles. The number of H-pyrrole nitrogens is 1. The molecule has 2 atom stereocenters. The van der Waals surface area contributed by atoms with Crippen molar-refractivity contribution in [2.45, 2.75) is 44.4 Å². The molecule has 4 heterocycles. The largest absolute Gasteiger partial charge is 0.346 e. The molecular weight excluding hydrogens is 395 g/mol. The minimum atomic E-state index is -0.101. The molecule has 1 amide bonds. The number of carbonyl (C=O) groups is 1. The zero-order chi connectivity index (χ0) is 17.6. The summed E-state index contributed by atoms with van der Waals surface area (Å²) in [6, 6.07) is 4.16. The average Bonchev–Trinajstić information content (AvgIpc) is 3.32. The Balaban J connectivity index is 0.00000112.